The molecule has 0 amide bonds. The second-order valence-corrected chi connectivity index (χ2v) is 3.56. The Morgan fingerprint density at radius 3 is 2.47 bits per heavy atom. The Balaban J connectivity index is 2.56. The minimum Gasteiger partial charge on any atom is -0.374 e. The van der Waals surface area contributed by atoms with Crippen molar-refractivity contribution >= 4 is 0 Å². The highest BCUT2D eigenvalue weighted by Crippen LogP contribution is 2.06. The van der Waals surface area contributed by atoms with E-state index >= 15 is 0 Å². The maximum Gasteiger partial charge on any atom is 0.0720 e. The summed E-state index contributed by atoms with van der Waals surface area (Å²) in [5.41, 5.74) is 7.46. The van der Waals surface area contributed by atoms with Crippen LogP contribution >= 0.6 is 0 Å². The highest BCUT2D eigenvalue weighted by atomic mass is 16.5. The van der Waals surface area contributed by atoms with Gasteiger partial charge in [-0.15, -0.1) is 0 Å². The third-order valence-corrected chi connectivity index (χ3v) is 1.87. The van der Waals surface area contributed by atoms with Crippen molar-refractivity contribution < 1.29 is 4.74 Å². The van der Waals surface area contributed by atoms with Gasteiger partial charge in [-0.25, -0.2) is 0 Å². The zero-order valence-electron chi connectivity index (χ0n) is 9.29. The average Bonchev–Trinajstić information content (AvgIpc) is 2.25. The first kappa shape index (κ1) is 11.8. The lowest BCUT2D eigenvalue weighted by Crippen LogP contribution is -2.01. The van der Waals surface area contributed by atoms with Gasteiger partial charge in [0.15, 0.2) is 0 Å². The van der Waals surface area contributed by atoms with Gasteiger partial charge in [0.05, 0.1) is 19.3 Å². The first-order valence-electron chi connectivity index (χ1n) is 5.12. The van der Waals surface area contributed by atoms with Gasteiger partial charge < -0.3 is 10.5 Å². The molecule has 0 unspecified atom stereocenters. The lowest BCUT2D eigenvalue weighted by molar-refractivity contribution is 0.0657. The van der Waals surface area contributed by atoms with E-state index in [1.807, 2.05) is 38.1 Å². The standard InChI is InChI=1S/C13H17NO/c1-11(2)15-10-13-7-5-12(6-8-13)4-3-9-14/h5-8,11H,9-10,14H2,1-2H3. The van der Waals surface area contributed by atoms with Crippen LogP contribution in [0.15, 0.2) is 24.3 Å². The molecule has 0 atom stereocenters. The fourth-order valence-electron chi connectivity index (χ4n) is 1.10. The highest BCUT2D eigenvalue weighted by Gasteiger charge is 1.95. The molecule has 1 rings (SSSR count). The number of hydrogen-bond acceptors (Lipinski definition) is 2. The predicted molar refractivity (Wildman–Crippen MR) is 62.3 cm³/mol. The summed E-state index contributed by atoms with van der Waals surface area (Å²) in [6.45, 7) is 5.11. The van der Waals surface area contributed by atoms with E-state index in [-0.39, 0.29) is 6.10 Å². The predicted octanol–water partition coefficient (Wildman–Crippen LogP) is 1.92. The fourth-order valence-corrected chi connectivity index (χ4v) is 1.10. The lowest BCUT2D eigenvalue weighted by atomic mass is 10.1. The Hall–Kier alpha value is -1.30. The Morgan fingerprint density at radius 1 is 1.27 bits per heavy atom. The van der Waals surface area contributed by atoms with Crippen LogP contribution in [-0.4, -0.2) is 12.6 Å². The normalized spacial score (nSPS) is 9.87. The second kappa shape index (κ2) is 6.23. The first-order chi connectivity index (χ1) is 7.22. The van der Waals surface area contributed by atoms with Crippen molar-refractivity contribution in [2.24, 2.45) is 5.73 Å². The highest BCUT2D eigenvalue weighted by molar-refractivity contribution is 5.36. The van der Waals surface area contributed by atoms with E-state index in [0.29, 0.717) is 13.2 Å². The van der Waals surface area contributed by atoms with Gasteiger partial charge in [-0.3, -0.25) is 0 Å². The van der Waals surface area contributed by atoms with Gasteiger partial charge in [0.1, 0.15) is 0 Å². The Kier molecular flexibility index (Phi) is 4.89. The topological polar surface area (TPSA) is 35.2 Å². The number of ether oxygens (including phenoxy) is 1. The van der Waals surface area contributed by atoms with Crippen LogP contribution in [0, 0.1) is 11.8 Å². The maximum absolute atomic E-state index is 5.49. The monoisotopic (exact) mass is 203 g/mol. The molecule has 0 aliphatic rings. The van der Waals surface area contributed by atoms with E-state index in [2.05, 4.69) is 11.8 Å². The van der Waals surface area contributed by atoms with Crippen LogP contribution < -0.4 is 5.73 Å². The molecule has 0 saturated heterocycles. The van der Waals surface area contributed by atoms with Gasteiger partial charge in [0, 0.05) is 5.56 Å². The molecule has 0 bridgehead atoms. The fraction of sp³-hybridized carbons (Fsp3) is 0.385. The summed E-state index contributed by atoms with van der Waals surface area (Å²) >= 11 is 0. The van der Waals surface area contributed by atoms with Crippen LogP contribution in [0.5, 0.6) is 0 Å². The van der Waals surface area contributed by atoms with E-state index in [1.54, 1.807) is 0 Å². The average molecular weight is 203 g/mol. The largest absolute Gasteiger partial charge is 0.374 e. The van der Waals surface area contributed by atoms with Gasteiger partial charge in [0.2, 0.25) is 0 Å². The van der Waals surface area contributed by atoms with E-state index in [9.17, 15) is 0 Å². The second-order valence-electron chi connectivity index (χ2n) is 3.56. The summed E-state index contributed by atoms with van der Waals surface area (Å²) in [4.78, 5) is 0. The molecule has 0 aliphatic carbocycles. The van der Waals surface area contributed by atoms with E-state index < -0.39 is 0 Å². The van der Waals surface area contributed by atoms with Crippen LogP contribution in [0.2, 0.25) is 0 Å². The third kappa shape index (κ3) is 4.64. The van der Waals surface area contributed by atoms with Crippen LogP contribution in [-0.2, 0) is 11.3 Å². The molecular formula is C13H17NO. The van der Waals surface area contributed by atoms with Gasteiger partial charge in [-0.2, -0.15) is 0 Å². The van der Waals surface area contributed by atoms with Crippen molar-refractivity contribution in [3.8, 4) is 11.8 Å². The molecule has 1 aromatic carbocycles. The van der Waals surface area contributed by atoms with Crippen molar-refractivity contribution in [3.05, 3.63) is 35.4 Å². The Labute approximate surface area is 91.4 Å². The van der Waals surface area contributed by atoms with Crippen LogP contribution in [0.25, 0.3) is 0 Å². The molecule has 0 fully saturated rings. The summed E-state index contributed by atoms with van der Waals surface area (Å²) in [6.07, 6.45) is 0.265. The zero-order chi connectivity index (χ0) is 11.1. The molecule has 80 valence electrons. The van der Waals surface area contributed by atoms with Crippen LogP contribution in [0.3, 0.4) is 0 Å². The van der Waals surface area contributed by atoms with E-state index in [4.69, 9.17) is 10.5 Å². The molecule has 0 heterocycles. The van der Waals surface area contributed by atoms with Crippen molar-refractivity contribution in [1.29, 1.82) is 0 Å². The smallest absolute Gasteiger partial charge is 0.0720 e. The summed E-state index contributed by atoms with van der Waals surface area (Å²) in [7, 11) is 0. The molecular weight excluding hydrogens is 186 g/mol. The summed E-state index contributed by atoms with van der Waals surface area (Å²) in [6, 6.07) is 8.04. The number of hydrogen-bond donors (Lipinski definition) is 1. The van der Waals surface area contributed by atoms with Gasteiger partial charge in [-0.05, 0) is 31.5 Å². The lowest BCUT2D eigenvalue weighted by Gasteiger charge is -2.06. The SMILES string of the molecule is CC(C)OCc1ccc(C#CCN)cc1. The van der Waals surface area contributed by atoms with Gasteiger partial charge in [0.25, 0.3) is 0 Å². The van der Waals surface area contributed by atoms with E-state index in [0.717, 1.165) is 5.56 Å². The van der Waals surface area contributed by atoms with Crippen molar-refractivity contribution in [2.45, 2.75) is 26.6 Å². The molecule has 0 radical (unpaired) electrons. The zero-order valence-corrected chi connectivity index (χ0v) is 9.29. The Morgan fingerprint density at radius 2 is 1.93 bits per heavy atom. The minimum atomic E-state index is 0.265. The van der Waals surface area contributed by atoms with Crippen LogP contribution in [0.1, 0.15) is 25.0 Å². The summed E-state index contributed by atoms with van der Waals surface area (Å²) in [5.74, 6) is 5.80. The van der Waals surface area contributed by atoms with Crippen molar-refractivity contribution in [3.63, 3.8) is 0 Å². The van der Waals surface area contributed by atoms with Crippen molar-refractivity contribution in [2.75, 3.05) is 6.54 Å². The van der Waals surface area contributed by atoms with Crippen molar-refractivity contribution in [1.82, 2.24) is 0 Å². The molecule has 2 N–H and O–H groups in total. The number of benzene rings is 1. The third-order valence-electron chi connectivity index (χ3n) is 1.87. The molecule has 2 heteroatoms. The minimum absolute atomic E-state index is 0.265. The van der Waals surface area contributed by atoms with Gasteiger partial charge >= 0.3 is 0 Å². The molecule has 0 saturated carbocycles. The van der Waals surface area contributed by atoms with Crippen LogP contribution in [0.4, 0.5) is 0 Å². The molecule has 1 aromatic rings. The van der Waals surface area contributed by atoms with Gasteiger partial charge in [-0.1, -0.05) is 24.0 Å². The quantitative estimate of drug-likeness (QED) is 0.762. The summed E-state index contributed by atoms with van der Waals surface area (Å²) < 4.78 is 5.49. The molecule has 0 aliphatic heterocycles. The number of rotatable bonds is 3. The molecule has 0 aromatic heterocycles. The Bertz CT molecular complexity index is 343. The molecule has 15 heavy (non-hydrogen) atoms. The maximum atomic E-state index is 5.49. The van der Waals surface area contributed by atoms with E-state index in [1.165, 1.54) is 5.56 Å². The first-order valence-corrected chi connectivity index (χ1v) is 5.12. The number of nitrogens with two attached hydrogens (primary N) is 1. The summed E-state index contributed by atoms with van der Waals surface area (Å²) in [5, 5.41) is 0. The molecule has 2 nitrogen and oxygen atoms in total. The molecule has 0 spiro atoms.